The molecule has 1 atom stereocenters. The van der Waals surface area contributed by atoms with Gasteiger partial charge in [-0.15, -0.1) is 0 Å². The molecule has 1 N–H and O–H groups in total. The number of halogens is 1. The summed E-state index contributed by atoms with van der Waals surface area (Å²) in [6.45, 7) is 2.08. The summed E-state index contributed by atoms with van der Waals surface area (Å²) in [5, 5.41) is 3.19. The number of benzene rings is 1. The average molecular weight is 259 g/mol. The fourth-order valence-electron chi connectivity index (χ4n) is 1.87. The molecule has 2 rings (SSSR count). The average Bonchev–Trinajstić information content (AvgIpc) is 2.45. The van der Waals surface area contributed by atoms with Crippen molar-refractivity contribution in [2.24, 2.45) is 0 Å². The molecule has 1 aromatic heterocycles. The molecule has 1 heterocycles. The highest BCUT2D eigenvalue weighted by Crippen LogP contribution is 2.24. The van der Waals surface area contributed by atoms with Crippen molar-refractivity contribution in [3.8, 4) is 0 Å². The Bertz CT molecular complexity index is 557. The largest absolute Gasteiger partial charge is 0.329 e. The molecule has 0 aliphatic heterocycles. The van der Waals surface area contributed by atoms with Gasteiger partial charge in [-0.05, 0) is 49.9 Å². The Morgan fingerprint density at radius 3 is 2.74 bits per heavy atom. The highest BCUT2D eigenvalue weighted by atomic mass is 19.1. The van der Waals surface area contributed by atoms with Gasteiger partial charge < -0.3 is 10.2 Å². The fraction of sp³-hybridized carbons (Fsp3) is 0.267. The van der Waals surface area contributed by atoms with E-state index in [4.69, 9.17) is 0 Å². The van der Waals surface area contributed by atoms with Gasteiger partial charge in [0.15, 0.2) is 0 Å². The summed E-state index contributed by atoms with van der Waals surface area (Å²) < 4.78 is 13.2. The van der Waals surface area contributed by atoms with E-state index in [-0.39, 0.29) is 11.9 Å². The maximum absolute atomic E-state index is 13.2. The molecule has 0 spiro atoms. The Morgan fingerprint density at radius 2 is 2.05 bits per heavy atom. The molecule has 0 aliphatic carbocycles. The van der Waals surface area contributed by atoms with Crippen LogP contribution in [0.15, 0.2) is 42.6 Å². The van der Waals surface area contributed by atoms with E-state index in [0.29, 0.717) is 0 Å². The molecule has 2 aromatic rings. The summed E-state index contributed by atoms with van der Waals surface area (Å²) in [6.07, 6.45) is 1.77. The van der Waals surface area contributed by atoms with Crippen LogP contribution in [0.5, 0.6) is 0 Å². The van der Waals surface area contributed by atoms with Crippen LogP contribution in [0, 0.1) is 5.82 Å². The zero-order valence-electron chi connectivity index (χ0n) is 11.4. The maximum Gasteiger partial charge on any atom is 0.132 e. The van der Waals surface area contributed by atoms with Gasteiger partial charge in [0.2, 0.25) is 0 Å². The Labute approximate surface area is 113 Å². The Kier molecular flexibility index (Phi) is 4.12. The molecule has 1 aromatic carbocycles. The first-order valence-corrected chi connectivity index (χ1v) is 6.24. The van der Waals surface area contributed by atoms with Gasteiger partial charge in [0, 0.05) is 25.0 Å². The lowest BCUT2D eigenvalue weighted by molar-refractivity contribution is 0.628. The van der Waals surface area contributed by atoms with E-state index in [0.717, 1.165) is 17.1 Å². The molecule has 0 aliphatic rings. The molecule has 0 bridgehead atoms. The lowest BCUT2D eigenvalue weighted by Crippen LogP contribution is -2.15. The SMILES string of the molecule is CNC(C)c1ccnc(N(C)c2cccc(F)c2)c1. The number of nitrogens with zero attached hydrogens (tertiary/aromatic N) is 2. The van der Waals surface area contributed by atoms with Crippen LogP contribution in [0.25, 0.3) is 0 Å². The number of hydrogen-bond donors (Lipinski definition) is 1. The first-order valence-electron chi connectivity index (χ1n) is 6.24. The molecule has 3 nitrogen and oxygen atoms in total. The first-order chi connectivity index (χ1) is 9.11. The van der Waals surface area contributed by atoms with Gasteiger partial charge in [-0.2, -0.15) is 0 Å². The first kappa shape index (κ1) is 13.5. The topological polar surface area (TPSA) is 28.2 Å². The monoisotopic (exact) mass is 259 g/mol. The predicted molar refractivity (Wildman–Crippen MR) is 76.2 cm³/mol. The summed E-state index contributed by atoms with van der Waals surface area (Å²) in [6, 6.07) is 10.7. The Balaban J connectivity index is 2.31. The van der Waals surface area contributed by atoms with E-state index in [2.05, 4.69) is 17.2 Å². The van der Waals surface area contributed by atoms with Gasteiger partial charge in [0.25, 0.3) is 0 Å². The second-order valence-electron chi connectivity index (χ2n) is 4.50. The molecule has 0 amide bonds. The molecule has 100 valence electrons. The second-order valence-corrected chi connectivity index (χ2v) is 4.50. The lowest BCUT2D eigenvalue weighted by Gasteiger charge is -2.20. The molecule has 19 heavy (non-hydrogen) atoms. The highest BCUT2D eigenvalue weighted by Gasteiger charge is 2.09. The van der Waals surface area contributed by atoms with Crippen molar-refractivity contribution in [1.29, 1.82) is 0 Å². The maximum atomic E-state index is 13.2. The van der Waals surface area contributed by atoms with Crippen LogP contribution in [0.1, 0.15) is 18.5 Å². The molecule has 0 radical (unpaired) electrons. The van der Waals surface area contributed by atoms with Crippen LogP contribution >= 0.6 is 0 Å². The Morgan fingerprint density at radius 1 is 1.26 bits per heavy atom. The molecular weight excluding hydrogens is 241 g/mol. The van der Waals surface area contributed by atoms with E-state index in [1.807, 2.05) is 37.2 Å². The van der Waals surface area contributed by atoms with Crippen molar-refractivity contribution >= 4 is 11.5 Å². The van der Waals surface area contributed by atoms with Crippen LogP contribution in [0.2, 0.25) is 0 Å². The molecular formula is C15H18FN3. The van der Waals surface area contributed by atoms with E-state index < -0.39 is 0 Å². The van der Waals surface area contributed by atoms with E-state index >= 15 is 0 Å². The van der Waals surface area contributed by atoms with Crippen LogP contribution in [-0.2, 0) is 0 Å². The summed E-state index contributed by atoms with van der Waals surface area (Å²) in [5.41, 5.74) is 1.93. The molecule has 1 unspecified atom stereocenters. The number of aromatic nitrogens is 1. The van der Waals surface area contributed by atoms with Crippen LogP contribution in [-0.4, -0.2) is 19.1 Å². The van der Waals surface area contributed by atoms with Gasteiger partial charge in [-0.1, -0.05) is 6.07 Å². The van der Waals surface area contributed by atoms with Crippen molar-refractivity contribution in [1.82, 2.24) is 10.3 Å². The van der Waals surface area contributed by atoms with Gasteiger partial charge in [-0.25, -0.2) is 9.37 Å². The summed E-state index contributed by atoms with van der Waals surface area (Å²) in [4.78, 5) is 6.21. The van der Waals surface area contributed by atoms with Crippen LogP contribution in [0.4, 0.5) is 15.9 Å². The van der Waals surface area contributed by atoms with E-state index in [1.165, 1.54) is 12.1 Å². The highest BCUT2D eigenvalue weighted by molar-refractivity contribution is 5.59. The second kappa shape index (κ2) is 5.80. The minimum Gasteiger partial charge on any atom is -0.329 e. The molecule has 0 saturated carbocycles. The third kappa shape index (κ3) is 3.09. The third-order valence-electron chi connectivity index (χ3n) is 3.24. The predicted octanol–water partition coefficient (Wildman–Crippen LogP) is 3.27. The van der Waals surface area contributed by atoms with Crippen LogP contribution < -0.4 is 10.2 Å². The minimum atomic E-state index is -0.246. The van der Waals surface area contributed by atoms with Crippen LogP contribution in [0.3, 0.4) is 0 Å². The summed E-state index contributed by atoms with van der Waals surface area (Å²) in [7, 11) is 3.80. The van der Waals surface area contributed by atoms with Crippen molar-refractivity contribution < 1.29 is 4.39 Å². The molecule has 0 saturated heterocycles. The smallest absolute Gasteiger partial charge is 0.132 e. The molecule has 0 fully saturated rings. The van der Waals surface area contributed by atoms with Crippen molar-refractivity contribution in [2.75, 3.05) is 19.0 Å². The lowest BCUT2D eigenvalue weighted by atomic mass is 10.1. The number of anilines is 2. The minimum absolute atomic E-state index is 0.246. The van der Waals surface area contributed by atoms with Crippen molar-refractivity contribution in [3.05, 3.63) is 54.0 Å². The standard InChI is InChI=1S/C15H18FN3/c1-11(17-2)12-7-8-18-15(9-12)19(3)14-6-4-5-13(16)10-14/h4-11,17H,1-3H3. The fourth-order valence-corrected chi connectivity index (χ4v) is 1.87. The third-order valence-corrected chi connectivity index (χ3v) is 3.24. The van der Waals surface area contributed by atoms with Gasteiger partial charge >= 0.3 is 0 Å². The quantitative estimate of drug-likeness (QED) is 0.913. The van der Waals surface area contributed by atoms with Gasteiger partial charge in [-0.3, -0.25) is 0 Å². The number of rotatable bonds is 4. The number of hydrogen-bond acceptors (Lipinski definition) is 3. The molecule has 4 heteroatoms. The zero-order chi connectivity index (χ0) is 13.8. The van der Waals surface area contributed by atoms with Crippen molar-refractivity contribution in [3.63, 3.8) is 0 Å². The van der Waals surface area contributed by atoms with Gasteiger partial charge in [0.05, 0.1) is 0 Å². The Hall–Kier alpha value is -1.94. The van der Waals surface area contributed by atoms with E-state index in [1.54, 1.807) is 12.3 Å². The summed E-state index contributed by atoms with van der Waals surface area (Å²) in [5.74, 6) is 0.550. The van der Waals surface area contributed by atoms with E-state index in [9.17, 15) is 4.39 Å². The van der Waals surface area contributed by atoms with Gasteiger partial charge in [0.1, 0.15) is 11.6 Å². The number of pyridine rings is 1. The van der Waals surface area contributed by atoms with Crippen molar-refractivity contribution in [2.45, 2.75) is 13.0 Å². The summed E-state index contributed by atoms with van der Waals surface area (Å²) >= 11 is 0. The normalized spacial score (nSPS) is 12.2. The zero-order valence-corrected chi connectivity index (χ0v) is 11.4. The number of nitrogens with one attached hydrogen (secondary N) is 1.